The molecule has 1 heterocycles. The summed E-state index contributed by atoms with van der Waals surface area (Å²) in [6, 6.07) is 10.00. The second-order valence-electron chi connectivity index (χ2n) is 5.58. The van der Waals surface area contributed by atoms with Gasteiger partial charge in [-0.1, -0.05) is 12.1 Å². The van der Waals surface area contributed by atoms with Crippen LogP contribution in [0.5, 0.6) is 23.0 Å². The number of para-hydroxylation sites is 2. The Bertz CT molecular complexity index is 972. The molecule has 30 heavy (non-hydrogen) atoms. The van der Waals surface area contributed by atoms with Crippen LogP contribution in [0.15, 0.2) is 46.6 Å². The Morgan fingerprint density at radius 3 is 1.50 bits per heavy atom. The van der Waals surface area contributed by atoms with E-state index >= 15 is 0 Å². The second-order valence-corrected chi connectivity index (χ2v) is 5.58. The highest BCUT2D eigenvalue weighted by Gasteiger charge is 2.06. The van der Waals surface area contributed by atoms with Crippen LogP contribution in [-0.4, -0.2) is 57.3 Å². The number of nitrogens with zero attached hydrogens (tertiary/aromatic N) is 6. The van der Waals surface area contributed by atoms with E-state index in [0.29, 0.717) is 22.6 Å². The van der Waals surface area contributed by atoms with Gasteiger partial charge in [0, 0.05) is 11.1 Å². The van der Waals surface area contributed by atoms with Crippen molar-refractivity contribution in [1.82, 2.24) is 20.4 Å². The van der Waals surface area contributed by atoms with E-state index in [2.05, 4.69) is 41.4 Å². The minimum Gasteiger partial charge on any atom is -0.504 e. The molecule has 0 saturated carbocycles. The lowest BCUT2D eigenvalue weighted by molar-refractivity contribution is 0.373. The van der Waals surface area contributed by atoms with Crippen LogP contribution in [0.4, 0.5) is 11.9 Å². The molecule has 0 aliphatic rings. The standard InChI is InChI=1S/C18H18N8O4/c1-29-13-7-3-5-11(15(13)27)9-19-21-17-23-25-18(26-24-17)22-20-10-12-6-4-8-14(30-2)16(12)28/h3-10,27-28H,1-2H3,(H,21,23,24)(H,22,25,26)/b19-9+,20-10+. The average molecular weight is 410 g/mol. The fourth-order valence-corrected chi connectivity index (χ4v) is 2.25. The Balaban J connectivity index is 1.58. The van der Waals surface area contributed by atoms with Gasteiger partial charge in [-0.25, -0.2) is 10.9 Å². The molecular weight excluding hydrogens is 392 g/mol. The first-order valence-electron chi connectivity index (χ1n) is 8.50. The molecule has 1 aromatic heterocycles. The van der Waals surface area contributed by atoms with E-state index in [9.17, 15) is 10.2 Å². The molecule has 3 rings (SSSR count). The molecule has 4 N–H and O–H groups in total. The first-order valence-corrected chi connectivity index (χ1v) is 8.50. The lowest BCUT2D eigenvalue weighted by Gasteiger charge is -2.05. The minimum absolute atomic E-state index is 0.0357. The Morgan fingerprint density at radius 1 is 0.733 bits per heavy atom. The molecule has 0 saturated heterocycles. The van der Waals surface area contributed by atoms with Crippen LogP contribution in [0.1, 0.15) is 11.1 Å². The average Bonchev–Trinajstić information content (AvgIpc) is 2.77. The third kappa shape index (κ3) is 4.86. The number of anilines is 2. The molecule has 2 aromatic carbocycles. The summed E-state index contributed by atoms with van der Waals surface area (Å²) in [6.45, 7) is 0. The summed E-state index contributed by atoms with van der Waals surface area (Å²) >= 11 is 0. The third-order valence-corrected chi connectivity index (χ3v) is 3.72. The lowest BCUT2D eigenvalue weighted by atomic mass is 10.2. The Labute approximate surface area is 170 Å². The topological polar surface area (TPSA) is 159 Å². The largest absolute Gasteiger partial charge is 0.504 e. The SMILES string of the molecule is COc1cccc(/C=N/Nc2nnc(N/N=C/c3cccc(OC)c3O)nn2)c1O. The number of ether oxygens (including phenoxy) is 2. The van der Waals surface area contributed by atoms with Gasteiger partial charge in [-0.05, 0) is 24.3 Å². The van der Waals surface area contributed by atoms with Crippen molar-refractivity contribution < 1.29 is 19.7 Å². The summed E-state index contributed by atoms with van der Waals surface area (Å²) in [6.07, 6.45) is 2.75. The van der Waals surface area contributed by atoms with Gasteiger partial charge in [-0.3, -0.25) is 0 Å². The first-order chi connectivity index (χ1) is 14.6. The Morgan fingerprint density at radius 2 is 1.13 bits per heavy atom. The van der Waals surface area contributed by atoms with Crippen LogP contribution in [0.3, 0.4) is 0 Å². The van der Waals surface area contributed by atoms with E-state index in [1.807, 2.05) is 0 Å². The van der Waals surface area contributed by atoms with Crippen molar-refractivity contribution >= 4 is 24.3 Å². The van der Waals surface area contributed by atoms with Gasteiger partial charge in [-0.2, -0.15) is 10.2 Å². The molecule has 0 unspecified atom stereocenters. The number of aromatic hydroxyl groups is 2. The number of hydrogen-bond acceptors (Lipinski definition) is 12. The van der Waals surface area contributed by atoms with Crippen molar-refractivity contribution in [2.24, 2.45) is 10.2 Å². The van der Waals surface area contributed by atoms with Crippen LogP contribution >= 0.6 is 0 Å². The number of hydrogen-bond donors (Lipinski definition) is 4. The molecule has 12 nitrogen and oxygen atoms in total. The number of methoxy groups -OCH3 is 2. The van der Waals surface area contributed by atoms with Crippen molar-refractivity contribution in [2.75, 3.05) is 25.1 Å². The maximum Gasteiger partial charge on any atom is 0.282 e. The molecule has 154 valence electrons. The molecule has 0 amide bonds. The summed E-state index contributed by atoms with van der Waals surface area (Å²) in [5, 5.41) is 43.0. The van der Waals surface area contributed by atoms with Crippen LogP contribution in [-0.2, 0) is 0 Å². The predicted molar refractivity (Wildman–Crippen MR) is 109 cm³/mol. The van der Waals surface area contributed by atoms with Gasteiger partial charge >= 0.3 is 0 Å². The highest BCUT2D eigenvalue weighted by atomic mass is 16.5. The van der Waals surface area contributed by atoms with Crippen molar-refractivity contribution in [3.05, 3.63) is 47.5 Å². The van der Waals surface area contributed by atoms with Crippen LogP contribution in [0.2, 0.25) is 0 Å². The van der Waals surface area contributed by atoms with Crippen LogP contribution < -0.4 is 20.3 Å². The maximum atomic E-state index is 9.99. The number of nitrogens with one attached hydrogen (secondary N) is 2. The quantitative estimate of drug-likeness (QED) is 0.317. The van der Waals surface area contributed by atoms with Gasteiger partial charge in [0.05, 0.1) is 26.6 Å². The molecular formula is C18H18N8O4. The Kier molecular flexibility index (Phi) is 6.51. The van der Waals surface area contributed by atoms with Gasteiger partial charge in [-0.15, -0.1) is 20.4 Å². The number of phenolic OH excluding ortho intramolecular Hbond substituents is 2. The first kappa shape index (κ1) is 20.3. The van der Waals surface area contributed by atoms with Crippen LogP contribution in [0.25, 0.3) is 0 Å². The highest BCUT2D eigenvalue weighted by Crippen LogP contribution is 2.28. The molecule has 0 spiro atoms. The monoisotopic (exact) mass is 410 g/mol. The van der Waals surface area contributed by atoms with Crippen molar-refractivity contribution in [1.29, 1.82) is 0 Å². The summed E-state index contributed by atoms with van der Waals surface area (Å²) in [7, 11) is 2.91. The third-order valence-electron chi connectivity index (χ3n) is 3.72. The van der Waals surface area contributed by atoms with Gasteiger partial charge in [0.25, 0.3) is 11.9 Å². The predicted octanol–water partition coefficient (Wildman–Crippen LogP) is 1.59. The van der Waals surface area contributed by atoms with Gasteiger partial charge in [0.1, 0.15) is 0 Å². The van der Waals surface area contributed by atoms with E-state index in [1.54, 1.807) is 36.4 Å². The van der Waals surface area contributed by atoms with E-state index in [0.717, 1.165) is 0 Å². The fraction of sp³-hybridized carbons (Fsp3) is 0.111. The van der Waals surface area contributed by atoms with Crippen LogP contribution in [0, 0.1) is 0 Å². The van der Waals surface area contributed by atoms with E-state index in [-0.39, 0.29) is 23.4 Å². The summed E-state index contributed by atoms with van der Waals surface area (Å²) in [4.78, 5) is 0. The second kappa shape index (κ2) is 9.64. The van der Waals surface area contributed by atoms with Crippen molar-refractivity contribution in [2.45, 2.75) is 0 Å². The van der Waals surface area contributed by atoms with E-state index < -0.39 is 0 Å². The van der Waals surface area contributed by atoms with E-state index in [4.69, 9.17) is 9.47 Å². The smallest absolute Gasteiger partial charge is 0.282 e. The summed E-state index contributed by atoms with van der Waals surface area (Å²) in [5.74, 6) is 0.653. The molecule has 0 bridgehead atoms. The molecule has 12 heteroatoms. The highest BCUT2D eigenvalue weighted by molar-refractivity contribution is 5.85. The van der Waals surface area contributed by atoms with Gasteiger partial charge in [0.2, 0.25) is 0 Å². The number of rotatable bonds is 8. The zero-order valence-electron chi connectivity index (χ0n) is 16.0. The molecule has 0 aliphatic heterocycles. The normalized spacial score (nSPS) is 11.0. The number of aromatic nitrogens is 4. The molecule has 3 aromatic rings. The van der Waals surface area contributed by atoms with E-state index in [1.165, 1.54) is 26.6 Å². The molecule has 0 radical (unpaired) electrons. The fourth-order valence-electron chi connectivity index (χ4n) is 2.25. The van der Waals surface area contributed by atoms with Crippen molar-refractivity contribution in [3.8, 4) is 23.0 Å². The Hall–Kier alpha value is -4.48. The number of benzene rings is 2. The van der Waals surface area contributed by atoms with Gasteiger partial charge < -0.3 is 19.7 Å². The summed E-state index contributed by atoms with van der Waals surface area (Å²) < 4.78 is 10.1. The molecule has 0 aliphatic carbocycles. The number of hydrazone groups is 2. The maximum absolute atomic E-state index is 9.99. The zero-order valence-corrected chi connectivity index (χ0v) is 16.0. The van der Waals surface area contributed by atoms with Gasteiger partial charge in [0.15, 0.2) is 23.0 Å². The number of phenols is 2. The van der Waals surface area contributed by atoms with Crippen molar-refractivity contribution in [3.63, 3.8) is 0 Å². The minimum atomic E-state index is -0.0396. The zero-order chi connectivity index (χ0) is 21.3. The summed E-state index contributed by atoms with van der Waals surface area (Å²) in [5.41, 5.74) is 5.97. The molecule has 0 fully saturated rings. The lowest BCUT2D eigenvalue weighted by Crippen LogP contribution is -2.05. The molecule has 0 atom stereocenters.